The van der Waals surface area contributed by atoms with Crippen molar-refractivity contribution in [2.24, 2.45) is 0 Å². The zero-order valence-corrected chi connectivity index (χ0v) is 15.6. The van der Waals surface area contributed by atoms with Crippen LogP contribution in [0.1, 0.15) is 29.2 Å². The van der Waals surface area contributed by atoms with Crippen molar-refractivity contribution in [3.63, 3.8) is 0 Å². The van der Waals surface area contributed by atoms with Crippen molar-refractivity contribution < 1.29 is 14.3 Å². The van der Waals surface area contributed by atoms with Crippen molar-refractivity contribution in [2.75, 3.05) is 27.3 Å². The van der Waals surface area contributed by atoms with Gasteiger partial charge in [-0.1, -0.05) is 35.9 Å². The minimum Gasteiger partial charge on any atom is -0.490 e. The third kappa shape index (κ3) is 4.35. The number of rotatable bonds is 5. The van der Waals surface area contributed by atoms with E-state index in [1.807, 2.05) is 68.4 Å². The van der Waals surface area contributed by atoms with Crippen LogP contribution in [-0.2, 0) is 11.3 Å². The van der Waals surface area contributed by atoms with Crippen molar-refractivity contribution in [3.8, 4) is 11.5 Å². The minimum absolute atomic E-state index is 0.0223. The van der Waals surface area contributed by atoms with E-state index in [2.05, 4.69) is 5.32 Å². The first kappa shape index (κ1) is 18.3. The second-order valence-electron chi connectivity index (χ2n) is 6.83. The molecule has 0 fully saturated rings. The highest BCUT2D eigenvalue weighted by Gasteiger charge is 2.22. The molecule has 138 valence electrons. The summed E-state index contributed by atoms with van der Waals surface area (Å²) in [5.41, 5.74) is 3.15. The Bertz CT molecular complexity index is 756. The molecule has 5 heteroatoms. The van der Waals surface area contributed by atoms with Gasteiger partial charge in [0, 0.05) is 13.0 Å². The van der Waals surface area contributed by atoms with Crippen LogP contribution in [-0.4, -0.2) is 38.1 Å². The first-order valence-corrected chi connectivity index (χ1v) is 8.94. The maximum absolute atomic E-state index is 12.8. The molecule has 2 aromatic rings. The van der Waals surface area contributed by atoms with Crippen LogP contribution in [0.3, 0.4) is 0 Å². The normalized spacial score (nSPS) is 14.6. The smallest absolute Gasteiger partial charge is 0.242 e. The second kappa shape index (κ2) is 8.23. The molecule has 0 saturated heterocycles. The molecular formula is C21H26N2O3. The summed E-state index contributed by atoms with van der Waals surface area (Å²) in [6.07, 6.45) is 0.877. The summed E-state index contributed by atoms with van der Waals surface area (Å²) in [6.45, 7) is 3.81. The van der Waals surface area contributed by atoms with Crippen molar-refractivity contribution in [1.29, 1.82) is 0 Å². The SMILES string of the molecule is Cc1ccc([C@H](C(=O)NCc2ccc3c(c2)OCCCO3)N(C)C)cc1. The lowest BCUT2D eigenvalue weighted by Crippen LogP contribution is -2.36. The van der Waals surface area contributed by atoms with E-state index in [4.69, 9.17) is 9.47 Å². The van der Waals surface area contributed by atoms with Crippen molar-refractivity contribution in [2.45, 2.75) is 25.9 Å². The lowest BCUT2D eigenvalue weighted by molar-refractivity contribution is -0.125. The van der Waals surface area contributed by atoms with Gasteiger partial charge in [0.15, 0.2) is 11.5 Å². The van der Waals surface area contributed by atoms with Crippen molar-refractivity contribution in [3.05, 3.63) is 59.2 Å². The van der Waals surface area contributed by atoms with Gasteiger partial charge in [-0.3, -0.25) is 9.69 Å². The zero-order valence-electron chi connectivity index (χ0n) is 15.6. The topological polar surface area (TPSA) is 50.8 Å². The maximum Gasteiger partial charge on any atom is 0.242 e. The van der Waals surface area contributed by atoms with E-state index in [1.165, 1.54) is 5.56 Å². The number of aryl methyl sites for hydroxylation is 1. The predicted octanol–water partition coefficient (Wildman–Crippen LogP) is 3.08. The first-order valence-electron chi connectivity index (χ1n) is 8.94. The number of nitrogens with zero attached hydrogens (tertiary/aromatic N) is 1. The molecule has 3 rings (SSSR count). The molecule has 1 aliphatic heterocycles. The van der Waals surface area contributed by atoms with E-state index < -0.39 is 0 Å². The molecule has 26 heavy (non-hydrogen) atoms. The molecule has 1 aliphatic rings. The molecule has 0 aliphatic carbocycles. The summed E-state index contributed by atoms with van der Waals surface area (Å²) in [5.74, 6) is 1.49. The molecule has 1 heterocycles. The number of fused-ring (bicyclic) bond motifs is 1. The third-order valence-corrected chi connectivity index (χ3v) is 4.44. The highest BCUT2D eigenvalue weighted by molar-refractivity contribution is 5.83. The fourth-order valence-electron chi connectivity index (χ4n) is 3.04. The number of likely N-dealkylation sites (N-methyl/N-ethyl adjacent to an activating group) is 1. The van der Waals surface area contributed by atoms with Gasteiger partial charge in [0.25, 0.3) is 0 Å². The van der Waals surface area contributed by atoms with E-state index in [0.717, 1.165) is 29.0 Å². The molecule has 0 spiro atoms. The number of amides is 1. The number of ether oxygens (including phenoxy) is 2. The standard InChI is InChI=1S/C21H26N2O3/c1-15-5-8-17(9-6-15)20(23(2)3)21(24)22-14-16-7-10-18-19(13-16)26-12-4-11-25-18/h5-10,13,20H,4,11-12,14H2,1-3H3,(H,22,24)/t20-/m1/s1. The van der Waals surface area contributed by atoms with Gasteiger partial charge in [-0.2, -0.15) is 0 Å². The lowest BCUT2D eigenvalue weighted by Gasteiger charge is -2.24. The molecule has 1 N–H and O–H groups in total. The van der Waals surface area contributed by atoms with Crippen LogP contribution in [0.2, 0.25) is 0 Å². The summed E-state index contributed by atoms with van der Waals surface area (Å²) in [7, 11) is 3.83. The van der Waals surface area contributed by atoms with E-state index in [0.29, 0.717) is 19.8 Å². The van der Waals surface area contributed by atoms with E-state index in [-0.39, 0.29) is 11.9 Å². The molecule has 1 amide bonds. The average Bonchev–Trinajstić information content (AvgIpc) is 2.86. The summed E-state index contributed by atoms with van der Waals surface area (Å²) < 4.78 is 11.4. The van der Waals surface area contributed by atoms with Crippen LogP contribution in [0.5, 0.6) is 11.5 Å². The second-order valence-corrected chi connectivity index (χ2v) is 6.83. The van der Waals surface area contributed by atoms with Gasteiger partial charge < -0.3 is 14.8 Å². The molecule has 0 aromatic heterocycles. The highest BCUT2D eigenvalue weighted by atomic mass is 16.5. The Hall–Kier alpha value is -2.53. The monoisotopic (exact) mass is 354 g/mol. The minimum atomic E-state index is -0.323. The van der Waals surface area contributed by atoms with Crippen LogP contribution >= 0.6 is 0 Å². The van der Waals surface area contributed by atoms with Crippen LogP contribution in [0.4, 0.5) is 0 Å². The quantitative estimate of drug-likeness (QED) is 0.897. The Morgan fingerprint density at radius 3 is 2.46 bits per heavy atom. The van der Waals surface area contributed by atoms with Crippen molar-refractivity contribution >= 4 is 5.91 Å². The van der Waals surface area contributed by atoms with Gasteiger partial charge in [-0.25, -0.2) is 0 Å². The van der Waals surface area contributed by atoms with Gasteiger partial charge in [0.2, 0.25) is 5.91 Å². The number of carbonyl (C=O) groups excluding carboxylic acids is 1. The third-order valence-electron chi connectivity index (χ3n) is 4.44. The average molecular weight is 354 g/mol. The maximum atomic E-state index is 12.8. The highest BCUT2D eigenvalue weighted by Crippen LogP contribution is 2.30. The number of nitrogens with one attached hydrogen (secondary N) is 1. The fourth-order valence-corrected chi connectivity index (χ4v) is 3.04. The van der Waals surface area contributed by atoms with Gasteiger partial charge >= 0.3 is 0 Å². The van der Waals surface area contributed by atoms with Gasteiger partial charge in [-0.15, -0.1) is 0 Å². The molecule has 5 nitrogen and oxygen atoms in total. The first-order chi connectivity index (χ1) is 12.5. The Labute approximate surface area is 154 Å². The van der Waals surface area contributed by atoms with Crippen LogP contribution in [0.15, 0.2) is 42.5 Å². The summed E-state index contributed by atoms with van der Waals surface area (Å²) in [4.78, 5) is 14.7. The molecule has 1 atom stereocenters. The number of hydrogen-bond acceptors (Lipinski definition) is 4. The van der Waals surface area contributed by atoms with Gasteiger partial charge in [0.05, 0.1) is 13.2 Å². The lowest BCUT2D eigenvalue weighted by atomic mass is 10.0. The number of benzene rings is 2. The predicted molar refractivity (Wildman–Crippen MR) is 102 cm³/mol. The van der Waals surface area contributed by atoms with Crippen LogP contribution < -0.4 is 14.8 Å². The molecular weight excluding hydrogens is 328 g/mol. The van der Waals surface area contributed by atoms with Crippen LogP contribution in [0.25, 0.3) is 0 Å². The van der Waals surface area contributed by atoms with Gasteiger partial charge in [0.1, 0.15) is 6.04 Å². The molecule has 0 unspecified atom stereocenters. The largest absolute Gasteiger partial charge is 0.490 e. The summed E-state index contributed by atoms with van der Waals surface area (Å²) in [5, 5.41) is 3.04. The van der Waals surface area contributed by atoms with E-state index in [1.54, 1.807) is 0 Å². The Morgan fingerprint density at radius 1 is 1.08 bits per heavy atom. The van der Waals surface area contributed by atoms with Crippen molar-refractivity contribution in [1.82, 2.24) is 10.2 Å². The Balaban J connectivity index is 1.68. The number of carbonyl (C=O) groups is 1. The summed E-state index contributed by atoms with van der Waals surface area (Å²) in [6, 6.07) is 13.6. The fraction of sp³-hybridized carbons (Fsp3) is 0.381. The Morgan fingerprint density at radius 2 is 1.77 bits per heavy atom. The van der Waals surface area contributed by atoms with E-state index >= 15 is 0 Å². The molecule has 0 saturated carbocycles. The molecule has 0 bridgehead atoms. The van der Waals surface area contributed by atoms with Crippen LogP contribution in [0, 0.1) is 6.92 Å². The Kier molecular flexibility index (Phi) is 5.78. The van der Waals surface area contributed by atoms with Gasteiger partial charge in [-0.05, 0) is 44.3 Å². The number of hydrogen-bond donors (Lipinski definition) is 1. The summed E-state index contributed by atoms with van der Waals surface area (Å²) >= 11 is 0. The molecule has 2 aromatic carbocycles. The zero-order chi connectivity index (χ0) is 18.5. The van der Waals surface area contributed by atoms with E-state index in [9.17, 15) is 4.79 Å². The molecule has 0 radical (unpaired) electrons.